The number of hydrogen-bond donors (Lipinski definition) is 0. The van der Waals surface area contributed by atoms with Crippen LogP contribution in [0.3, 0.4) is 0 Å². The number of hydrogen-bond acceptors (Lipinski definition) is 2. The van der Waals surface area contributed by atoms with E-state index in [1.54, 1.807) is 16.8 Å². The maximum Gasteiger partial charge on any atom is 0.165 e. The highest BCUT2D eigenvalue weighted by molar-refractivity contribution is 5.39. The van der Waals surface area contributed by atoms with Crippen molar-refractivity contribution in [2.45, 2.75) is 19.8 Å². The summed E-state index contributed by atoms with van der Waals surface area (Å²) in [5.74, 6) is -0.0374. The molecular formula is C16H19FN2O. The second-order valence-corrected chi connectivity index (χ2v) is 4.63. The van der Waals surface area contributed by atoms with Gasteiger partial charge in [0.1, 0.15) is 6.61 Å². The Morgan fingerprint density at radius 2 is 2.20 bits per heavy atom. The summed E-state index contributed by atoms with van der Waals surface area (Å²) in [6.45, 7) is 5.94. The summed E-state index contributed by atoms with van der Waals surface area (Å²) in [5, 5.41) is 4.41. The van der Waals surface area contributed by atoms with Gasteiger partial charge < -0.3 is 4.74 Å². The summed E-state index contributed by atoms with van der Waals surface area (Å²) < 4.78 is 21.1. The SMILES string of the molecule is C=CCOc1c(F)cccc1Cc1cn(C)nc1CC. The summed E-state index contributed by atoms with van der Waals surface area (Å²) in [5.41, 5.74) is 2.96. The van der Waals surface area contributed by atoms with Crippen LogP contribution in [-0.4, -0.2) is 16.4 Å². The molecule has 2 rings (SSSR count). The third kappa shape index (κ3) is 3.07. The van der Waals surface area contributed by atoms with E-state index in [0.717, 1.165) is 23.2 Å². The molecule has 4 heteroatoms. The molecule has 1 aromatic heterocycles. The molecule has 3 nitrogen and oxygen atoms in total. The lowest BCUT2D eigenvalue weighted by atomic mass is 10.0. The minimum Gasteiger partial charge on any atom is -0.486 e. The molecule has 0 aliphatic carbocycles. The van der Waals surface area contributed by atoms with Gasteiger partial charge in [-0.3, -0.25) is 4.68 Å². The number of benzene rings is 1. The number of aryl methyl sites for hydroxylation is 2. The molecule has 2 aromatic rings. The standard InChI is InChI=1S/C16H19FN2O/c1-4-9-20-16-12(7-6-8-14(16)17)10-13-11-19(3)18-15(13)5-2/h4,6-8,11H,1,5,9-10H2,2-3H3. The molecule has 106 valence electrons. The first-order chi connectivity index (χ1) is 9.65. The van der Waals surface area contributed by atoms with E-state index in [2.05, 4.69) is 18.6 Å². The molecule has 0 aliphatic heterocycles. The monoisotopic (exact) mass is 274 g/mol. The molecule has 0 atom stereocenters. The van der Waals surface area contributed by atoms with Crippen LogP contribution in [0.1, 0.15) is 23.7 Å². The fraction of sp³-hybridized carbons (Fsp3) is 0.312. The molecule has 0 fully saturated rings. The van der Waals surface area contributed by atoms with E-state index in [9.17, 15) is 4.39 Å². The zero-order valence-electron chi connectivity index (χ0n) is 11.9. The van der Waals surface area contributed by atoms with Gasteiger partial charge in [-0.1, -0.05) is 31.7 Å². The summed E-state index contributed by atoms with van der Waals surface area (Å²) in [7, 11) is 1.89. The Morgan fingerprint density at radius 1 is 1.40 bits per heavy atom. The molecule has 1 heterocycles. The Morgan fingerprint density at radius 3 is 2.90 bits per heavy atom. The maximum atomic E-state index is 13.9. The van der Waals surface area contributed by atoms with Crippen molar-refractivity contribution >= 4 is 0 Å². The minimum atomic E-state index is -0.341. The molecular weight excluding hydrogens is 255 g/mol. The van der Waals surface area contributed by atoms with Crippen LogP contribution in [0.15, 0.2) is 37.1 Å². The van der Waals surface area contributed by atoms with Crippen LogP contribution in [0.5, 0.6) is 5.75 Å². The van der Waals surface area contributed by atoms with Crippen molar-refractivity contribution in [1.82, 2.24) is 9.78 Å². The Bertz CT molecular complexity index is 605. The molecule has 0 spiro atoms. The Kier molecular flexibility index (Phi) is 4.56. The van der Waals surface area contributed by atoms with E-state index < -0.39 is 0 Å². The summed E-state index contributed by atoms with van der Waals surface area (Å²) >= 11 is 0. The van der Waals surface area contributed by atoms with Crippen molar-refractivity contribution in [3.63, 3.8) is 0 Å². The number of nitrogens with zero attached hydrogens (tertiary/aromatic N) is 2. The van der Waals surface area contributed by atoms with Crippen LogP contribution in [0.4, 0.5) is 4.39 Å². The zero-order chi connectivity index (χ0) is 14.5. The Hall–Kier alpha value is -2.10. The van der Waals surface area contributed by atoms with E-state index in [0.29, 0.717) is 18.8 Å². The Balaban J connectivity index is 2.32. The van der Waals surface area contributed by atoms with E-state index in [4.69, 9.17) is 4.74 Å². The Labute approximate surface area is 118 Å². The lowest BCUT2D eigenvalue weighted by Gasteiger charge is -2.11. The third-order valence-corrected chi connectivity index (χ3v) is 3.10. The van der Waals surface area contributed by atoms with Crippen molar-refractivity contribution in [3.8, 4) is 5.75 Å². The number of halogens is 1. The van der Waals surface area contributed by atoms with Crippen LogP contribution in [0.25, 0.3) is 0 Å². The average molecular weight is 274 g/mol. The first-order valence-electron chi connectivity index (χ1n) is 6.68. The molecule has 0 saturated heterocycles. The van der Waals surface area contributed by atoms with Crippen molar-refractivity contribution < 1.29 is 9.13 Å². The van der Waals surface area contributed by atoms with Crippen LogP contribution >= 0.6 is 0 Å². The van der Waals surface area contributed by atoms with Gasteiger partial charge in [0.25, 0.3) is 0 Å². The number of rotatable bonds is 6. The molecule has 0 radical (unpaired) electrons. The van der Waals surface area contributed by atoms with Crippen molar-refractivity contribution in [1.29, 1.82) is 0 Å². The maximum absolute atomic E-state index is 13.9. The minimum absolute atomic E-state index is 0.293. The highest BCUT2D eigenvalue weighted by Crippen LogP contribution is 2.26. The summed E-state index contributed by atoms with van der Waals surface area (Å²) in [6.07, 6.45) is 5.05. The molecule has 0 bridgehead atoms. The number of ether oxygens (including phenoxy) is 1. The molecule has 0 saturated carbocycles. The lowest BCUT2D eigenvalue weighted by Crippen LogP contribution is -2.01. The van der Waals surface area contributed by atoms with Gasteiger partial charge in [0.05, 0.1) is 5.69 Å². The quantitative estimate of drug-likeness (QED) is 0.756. The highest BCUT2D eigenvalue weighted by Gasteiger charge is 2.13. The average Bonchev–Trinajstić information content (AvgIpc) is 2.78. The smallest absolute Gasteiger partial charge is 0.165 e. The molecule has 0 unspecified atom stereocenters. The zero-order valence-corrected chi connectivity index (χ0v) is 11.9. The second-order valence-electron chi connectivity index (χ2n) is 4.63. The van der Waals surface area contributed by atoms with Crippen LogP contribution in [0, 0.1) is 5.82 Å². The van der Waals surface area contributed by atoms with Gasteiger partial charge in [-0.15, -0.1) is 0 Å². The second kappa shape index (κ2) is 6.37. The predicted octanol–water partition coefficient (Wildman–Crippen LogP) is 3.28. The van der Waals surface area contributed by atoms with Crippen LogP contribution < -0.4 is 4.74 Å². The van der Waals surface area contributed by atoms with Gasteiger partial charge in [0, 0.05) is 25.2 Å². The number of para-hydroxylation sites is 1. The first-order valence-corrected chi connectivity index (χ1v) is 6.68. The summed E-state index contributed by atoms with van der Waals surface area (Å²) in [6, 6.07) is 4.99. The first kappa shape index (κ1) is 14.3. The van der Waals surface area contributed by atoms with E-state index in [1.165, 1.54) is 6.07 Å². The molecule has 0 N–H and O–H groups in total. The van der Waals surface area contributed by atoms with Gasteiger partial charge in [0.15, 0.2) is 11.6 Å². The van der Waals surface area contributed by atoms with E-state index in [-0.39, 0.29) is 5.82 Å². The topological polar surface area (TPSA) is 27.1 Å². The lowest BCUT2D eigenvalue weighted by molar-refractivity contribution is 0.338. The van der Waals surface area contributed by atoms with Gasteiger partial charge in [-0.05, 0) is 18.1 Å². The summed E-state index contributed by atoms with van der Waals surface area (Å²) in [4.78, 5) is 0. The number of aromatic nitrogens is 2. The normalized spacial score (nSPS) is 10.6. The fourth-order valence-corrected chi connectivity index (χ4v) is 2.23. The van der Waals surface area contributed by atoms with Crippen molar-refractivity contribution in [2.75, 3.05) is 6.61 Å². The molecule has 0 amide bonds. The highest BCUT2D eigenvalue weighted by atomic mass is 19.1. The molecule has 1 aromatic carbocycles. The largest absolute Gasteiger partial charge is 0.486 e. The van der Waals surface area contributed by atoms with Gasteiger partial charge in [-0.2, -0.15) is 5.10 Å². The molecule has 0 aliphatic rings. The van der Waals surface area contributed by atoms with Gasteiger partial charge >= 0.3 is 0 Å². The van der Waals surface area contributed by atoms with Crippen LogP contribution in [-0.2, 0) is 19.9 Å². The molecule has 20 heavy (non-hydrogen) atoms. The van der Waals surface area contributed by atoms with E-state index >= 15 is 0 Å². The predicted molar refractivity (Wildman–Crippen MR) is 77.5 cm³/mol. The fourth-order valence-electron chi connectivity index (χ4n) is 2.23. The van der Waals surface area contributed by atoms with Crippen molar-refractivity contribution in [3.05, 3.63) is 59.7 Å². The van der Waals surface area contributed by atoms with Gasteiger partial charge in [0.2, 0.25) is 0 Å². The van der Waals surface area contributed by atoms with Gasteiger partial charge in [-0.25, -0.2) is 4.39 Å². The van der Waals surface area contributed by atoms with E-state index in [1.807, 2.05) is 19.3 Å². The van der Waals surface area contributed by atoms with Crippen molar-refractivity contribution in [2.24, 2.45) is 7.05 Å². The van der Waals surface area contributed by atoms with Crippen LogP contribution in [0.2, 0.25) is 0 Å². The third-order valence-electron chi connectivity index (χ3n) is 3.10.